The summed E-state index contributed by atoms with van der Waals surface area (Å²) < 4.78 is 5.78. The van der Waals surface area contributed by atoms with E-state index >= 15 is 0 Å². The van der Waals surface area contributed by atoms with E-state index in [0.717, 1.165) is 5.56 Å². The zero-order valence-electron chi connectivity index (χ0n) is 14.4. The van der Waals surface area contributed by atoms with Crippen LogP contribution in [0.2, 0.25) is 5.02 Å². The second-order valence-electron chi connectivity index (χ2n) is 5.34. The van der Waals surface area contributed by atoms with Gasteiger partial charge in [0.2, 0.25) is 5.88 Å². The maximum absolute atomic E-state index is 12.5. The van der Waals surface area contributed by atoms with Crippen molar-refractivity contribution < 1.29 is 9.53 Å². The predicted octanol–water partition coefficient (Wildman–Crippen LogP) is 3.15. The monoisotopic (exact) mass is 401 g/mol. The SMILES string of the molecule is CSc1ncc(C(=O)NCc2ncccn2)c(OCc2cccc(Cl)c2)n1. The minimum Gasteiger partial charge on any atom is -0.472 e. The van der Waals surface area contributed by atoms with Gasteiger partial charge in [-0.05, 0) is 30.0 Å². The smallest absolute Gasteiger partial charge is 0.258 e. The average molecular weight is 402 g/mol. The van der Waals surface area contributed by atoms with Crippen LogP contribution in [-0.4, -0.2) is 32.1 Å². The van der Waals surface area contributed by atoms with Gasteiger partial charge in [0.15, 0.2) is 5.16 Å². The highest BCUT2D eigenvalue weighted by Crippen LogP contribution is 2.21. The van der Waals surface area contributed by atoms with E-state index in [2.05, 4.69) is 25.3 Å². The molecule has 0 atom stereocenters. The van der Waals surface area contributed by atoms with Gasteiger partial charge in [0.1, 0.15) is 18.0 Å². The Bertz CT molecular complexity index is 927. The van der Waals surface area contributed by atoms with Crippen molar-refractivity contribution in [3.8, 4) is 5.88 Å². The molecule has 0 radical (unpaired) electrons. The van der Waals surface area contributed by atoms with E-state index in [1.807, 2.05) is 18.4 Å². The van der Waals surface area contributed by atoms with Gasteiger partial charge in [0.05, 0.1) is 6.54 Å². The molecule has 2 heterocycles. The lowest BCUT2D eigenvalue weighted by molar-refractivity contribution is 0.0943. The molecular weight excluding hydrogens is 386 g/mol. The summed E-state index contributed by atoms with van der Waals surface area (Å²) in [6, 6.07) is 9.01. The van der Waals surface area contributed by atoms with Gasteiger partial charge in [-0.25, -0.2) is 15.0 Å². The van der Waals surface area contributed by atoms with Gasteiger partial charge in [-0.15, -0.1) is 0 Å². The van der Waals surface area contributed by atoms with Gasteiger partial charge >= 0.3 is 0 Å². The minimum atomic E-state index is -0.365. The van der Waals surface area contributed by atoms with Crippen molar-refractivity contribution in [2.45, 2.75) is 18.3 Å². The van der Waals surface area contributed by atoms with Gasteiger partial charge in [-0.1, -0.05) is 35.5 Å². The van der Waals surface area contributed by atoms with Crippen LogP contribution in [-0.2, 0) is 13.2 Å². The fraction of sp³-hybridized carbons (Fsp3) is 0.167. The molecule has 1 N–H and O–H groups in total. The van der Waals surface area contributed by atoms with Crippen molar-refractivity contribution in [2.24, 2.45) is 0 Å². The molecule has 3 aromatic rings. The molecule has 2 aromatic heterocycles. The molecule has 0 spiro atoms. The number of hydrogen-bond donors (Lipinski definition) is 1. The number of ether oxygens (including phenoxy) is 1. The molecule has 0 aliphatic heterocycles. The van der Waals surface area contributed by atoms with Crippen LogP contribution in [0, 0.1) is 0 Å². The molecule has 0 aliphatic rings. The van der Waals surface area contributed by atoms with E-state index in [4.69, 9.17) is 16.3 Å². The van der Waals surface area contributed by atoms with Gasteiger partial charge < -0.3 is 10.1 Å². The summed E-state index contributed by atoms with van der Waals surface area (Å²) in [7, 11) is 0. The third-order valence-corrected chi connectivity index (χ3v) is 4.25. The van der Waals surface area contributed by atoms with E-state index in [1.165, 1.54) is 18.0 Å². The van der Waals surface area contributed by atoms with E-state index in [0.29, 0.717) is 16.0 Å². The molecule has 0 unspecified atom stereocenters. The fourth-order valence-corrected chi connectivity index (χ4v) is 2.71. The molecule has 138 valence electrons. The Labute approximate surface area is 165 Å². The largest absolute Gasteiger partial charge is 0.472 e. The van der Waals surface area contributed by atoms with Gasteiger partial charge in [-0.3, -0.25) is 4.79 Å². The third kappa shape index (κ3) is 5.38. The van der Waals surface area contributed by atoms with Gasteiger partial charge in [0.25, 0.3) is 5.91 Å². The molecule has 0 saturated heterocycles. The van der Waals surface area contributed by atoms with E-state index in [9.17, 15) is 4.79 Å². The zero-order valence-corrected chi connectivity index (χ0v) is 16.0. The van der Waals surface area contributed by atoms with Crippen LogP contribution in [0.25, 0.3) is 0 Å². The number of carbonyl (C=O) groups excluding carboxylic acids is 1. The highest BCUT2D eigenvalue weighted by atomic mass is 35.5. The predicted molar refractivity (Wildman–Crippen MR) is 103 cm³/mol. The summed E-state index contributed by atoms with van der Waals surface area (Å²) in [4.78, 5) is 29.2. The number of hydrogen-bond acceptors (Lipinski definition) is 7. The first-order valence-electron chi connectivity index (χ1n) is 7.98. The Hall–Kier alpha value is -2.71. The first-order chi connectivity index (χ1) is 13.2. The Morgan fingerprint density at radius 3 is 2.78 bits per heavy atom. The van der Waals surface area contributed by atoms with Crippen LogP contribution >= 0.6 is 23.4 Å². The zero-order chi connectivity index (χ0) is 19.1. The van der Waals surface area contributed by atoms with Crippen molar-refractivity contribution >= 4 is 29.3 Å². The fourth-order valence-electron chi connectivity index (χ4n) is 2.17. The average Bonchev–Trinajstić information content (AvgIpc) is 2.71. The number of amides is 1. The summed E-state index contributed by atoms with van der Waals surface area (Å²) >= 11 is 7.36. The molecular formula is C18H16ClN5O2S. The first kappa shape index (κ1) is 19.1. The van der Waals surface area contributed by atoms with Crippen LogP contribution < -0.4 is 10.1 Å². The van der Waals surface area contributed by atoms with Crippen molar-refractivity contribution in [1.82, 2.24) is 25.3 Å². The molecule has 0 aliphatic carbocycles. The second-order valence-corrected chi connectivity index (χ2v) is 6.55. The van der Waals surface area contributed by atoms with E-state index in [-0.39, 0.29) is 30.5 Å². The number of aromatic nitrogens is 4. The van der Waals surface area contributed by atoms with Gasteiger partial charge in [0, 0.05) is 23.6 Å². The molecule has 0 fully saturated rings. The number of halogens is 1. The Balaban J connectivity index is 1.74. The summed E-state index contributed by atoms with van der Waals surface area (Å²) in [5.41, 5.74) is 1.11. The molecule has 0 bridgehead atoms. The molecule has 9 heteroatoms. The quantitative estimate of drug-likeness (QED) is 0.480. The molecule has 1 amide bonds. The normalized spacial score (nSPS) is 10.4. The lowest BCUT2D eigenvalue weighted by Gasteiger charge is -2.11. The van der Waals surface area contributed by atoms with Crippen molar-refractivity contribution in [3.63, 3.8) is 0 Å². The lowest BCUT2D eigenvalue weighted by Crippen LogP contribution is -2.25. The number of rotatable bonds is 7. The molecule has 3 rings (SSSR count). The molecule has 1 aromatic carbocycles. The van der Waals surface area contributed by atoms with Crippen LogP contribution in [0.1, 0.15) is 21.7 Å². The van der Waals surface area contributed by atoms with Crippen molar-refractivity contribution in [1.29, 1.82) is 0 Å². The summed E-state index contributed by atoms with van der Waals surface area (Å²) in [5.74, 6) is 0.353. The number of nitrogens with zero attached hydrogens (tertiary/aromatic N) is 4. The summed E-state index contributed by atoms with van der Waals surface area (Å²) in [6.07, 6.45) is 6.53. The van der Waals surface area contributed by atoms with Crippen molar-refractivity contribution in [3.05, 3.63) is 70.9 Å². The van der Waals surface area contributed by atoms with E-state index in [1.54, 1.807) is 30.6 Å². The Morgan fingerprint density at radius 2 is 2.04 bits per heavy atom. The van der Waals surface area contributed by atoms with Crippen molar-refractivity contribution in [2.75, 3.05) is 6.26 Å². The summed E-state index contributed by atoms with van der Waals surface area (Å²) in [6.45, 7) is 0.422. The highest BCUT2D eigenvalue weighted by Gasteiger charge is 2.16. The van der Waals surface area contributed by atoms with Crippen LogP contribution in [0.4, 0.5) is 0 Å². The Morgan fingerprint density at radius 1 is 1.22 bits per heavy atom. The number of benzene rings is 1. The molecule has 27 heavy (non-hydrogen) atoms. The Kier molecular flexibility index (Phi) is 6.56. The maximum atomic E-state index is 12.5. The van der Waals surface area contributed by atoms with Crippen LogP contribution in [0.5, 0.6) is 5.88 Å². The maximum Gasteiger partial charge on any atom is 0.258 e. The topological polar surface area (TPSA) is 89.9 Å². The van der Waals surface area contributed by atoms with E-state index < -0.39 is 0 Å². The van der Waals surface area contributed by atoms with Crippen LogP contribution in [0.3, 0.4) is 0 Å². The van der Waals surface area contributed by atoms with Crippen LogP contribution in [0.15, 0.2) is 54.1 Å². The minimum absolute atomic E-state index is 0.192. The number of thioether (sulfide) groups is 1. The third-order valence-electron chi connectivity index (χ3n) is 3.45. The number of nitrogens with one attached hydrogen (secondary N) is 1. The number of carbonyl (C=O) groups is 1. The second kappa shape index (κ2) is 9.29. The highest BCUT2D eigenvalue weighted by molar-refractivity contribution is 7.98. The summed E-state index contributed by atoms with van der Waals surface area (Å²) in [5, 5.41) is 3.88. The van der Waals surface area contributed by atoms with Gasteiger partial charge in [-0.2, -0.15) is 4.98 Å². The molecule has 7 nitrogen and oxygen atoms in total. The first-order valence-corrected chi connectivity index (χ1v) is 9.58. The standard InChI is InChI=1S/C18H16ClN5O2S/c1-27-18-23-9-14(16(25)22-10-15-20-6-3-7-21-15)17(24-18)26-11-12-4-2-5-13(19)8-12/h2-9H,10-11H2,1H3,(H,22,25). The molecule has 0 saturated carbocycles. The lowest BCUT2D eigenvalue weighted by atomic mass is 10.2.